The van der Waals surface area contributed by atoms with E-state index in [1.807, 2.05) is 36.4 Å². The van der Waals surface area contributed by atoms with Crippen LogP contribution in [0.5, 0.6) is 0 Å². The minimum Gasteiger partial charge on any atom is -0.322 e. The van der Waals surface area contributed by atoms with Gasteiger partial charge in [0.2, 0.25) is 0 Å². The van der Waals surface area contributed by atoms with Crippen LogP contribution in [0.1, 0.15) is 33.2 Å². The van der Waals surface area contributed by atoms with Crippen molar-refractivity contribution in [2.24, 2.45) is 5.10 Å². The van der Waals surface area contributed by atoms with Gasteiger partial charge in [-0.1, -0.05) is 42.5 Å². The Bertz CT molecular complexity index is 1090. The first-order valence-electron chi connectivity index (χ1n) is 9.26. The van der Waals surface area contributed by atoms with Gasteiger partial charge in [0.1, 0.15) is 5.82 Å². The van der Waals surface area contributed by atoms with Crippen molar-refractivity contribution in [3.05, 3.63) is 107 Å². The van der Waals surface area contributed by atoms with E-state index in [0.717, 1.165) is 5.56 Å². The van der Waals surface area contributed by atoms with Gasteiger partial charge in [-0.2, -0.15) is 5.10 Å². The van der Waals surface area contributed by atoms with Crippen LogP contribution in [0.2, 0.25) is 0 Å². The van der Waals surface area contributed by atoms with Crippen molar-refractivity contribution in [1.29, 1.82) is 0 Å². The molecular formula is C24H20FN3O2. The highest BCUT2D eigenvalue weighted by Gasteiger charge is 2.09. The number of halogens is 1. The smallest absolute Gasteiger partial charge is 0.271 e. The average Bonchev–Trinajstić information content (AvgIpc) is 2.77. The van der Waals surface area contributed by atoms with Crippen LogP contribution in [0.3, 0.4) is 0 Å². The number of carbonyl (C=O) groups is 2. The molecule has 3 rings (SSSR count). The highest BCUT2D eigenvalue weighted by atomic mass is 19.1. The number of rotatable bonds is 6. The molecule has 0 heterocycles. The van der Waals surface area contributed by atoms with Gasteiger partial charge in [0.15, 0.2) is 0 Å². The normalized spacial score (nSPS) is 11.3. The standard InChI is InChI=1S/C24H20FN3O2/c1-17(10-11-18-6-3-2-4-7-18)27-28-24(30)20-8-5-9-22(16-20)26-23(29)19-12-14-21(25)15-13-19/h2-16H,1H3,(H,26,29)(H,28,30). The number of nitrogens with one attached hydrogen (secondary N) is 2. The first kappa shape index (κ1) is 20.7. The highest BCUT2D eigenvalue weighted by molar-refractivity contribution is 6.05. The largest absolute Gasteiger partial charge is 0.322 e. The number of hydrazone groups is 1. The summed E-state index contributed by atoms with van der Waals surface area (Å²) in [5.74, 6) is -1.22. The van der Waals surface area contributed by atoms with Gasteiger partial charge < -0.3 is 5.32 Å². The van der Waals surface area contributed by atoms with E-state index >= 15 is 0 Å². The second kappa shape index (κ2) is 9.93. The lowest BCUT2D eigenvalue weighted by molar-refractivity contribution is 0.0953. The summed E-state index contributed by atoms with van der Waals surface area (Å²) in [5.41, 5.74) is 5.27. The van der Waals surface area contributed by atoms with E-state index in [9.17, 15) is 14.0 Å². The molecule has 0 aromatic heterocycles. The summed E-state index contributed by atoms with van der Waals surface area (Å²) >= 11 is 0. The van der Waals surface area contributed by atoms with Crippen LogP contribution in [0, 0.1) is 5.82 Å². The number of amides is 2. The van der Waals surface area contributed by atoms with Crippen molar-refractivity contribution in [2.75, 3.05) is 5.32 Å². The van der Waals surface area contributed by atoms with E-state index in [1.54, 1.807) is 37.3 Å². The van der Waals surface area contributed by atoms with Crippen LogP contribution in [0.25, 0.3) is 6.08 Å². The lowest BCUT2D eigenvalue weighted by atomic mass is 10.1. The number of carbonyl (C=O) groups excluding carboxylic acids is 2. The lowest BCUT2D eigenvalue weighted by Gasteiger charge is -2.07. The summed E-state index contributed by atoms with van der Waals surface area (Å²) in [6.07, 6.45) is 3.70. The van der Waals surface area contributed by atoms with E-state index in [2.05, 4.69) is 15.8 Å². The number of nitrogens with zero attached hydrogens (tertiary/aromatic N) is 1. The number of anilines is 1. The molecule has 0 radical (unpaired) electrons. The van der Waals surface area contributed by atoms with E-state index in [-0.39, 0.29) is 0 Å². The maximum atomic E-state index is 13.0. The third-order valence-corrected chi connectivity index (χ3v) is 4.14. The summed E-state index contributed by atoms with van der Waals surface area (Å²) in [6.45, 7) is 1.78. The predicted molar refractivity (Wildman–Crippen MR) is 117 cm³/mol. The molecule has 0 bridgehead atoms. The van der Waals surface area contributed by atoms with Gasteiger partial charge in [-0.3, -0.25) is 9.59 Å². The molecule has 3 aromatic carbocycles. The molecule has 150 valence electrons. The molecule has 2 amide bonds. The first-order chi connectivity index (χ1) is 14.5. The van der Waals surface area contributed by atoms with E-state index < -0.39 is 17.6 Å². The molecule has 0 spiro atoms. The van der Waals surface area contributed by atoms with E-state index in [0.29, 0.717) is 22.5 Å². The molecule has 0 aliphatic heterocycles. The quantitative estimate of drug-likeness (QED) is 0.456. The van der Waals surface area contributed by atoms with Crippen molar-refractivity contribution in [1.82, 2.24) is 5.43 Å². The van der Waals surface area contributed by atoms with Crippen LogP contribution < -0.4 is 10.7 Å². The molecule has 5 nitrogen and oxygen atoms in total. The fourth-order valence-electron chi connectivity index (χ4n) is 2.56. The van der Waals surface area contributed by atoms with Crippen LogP contribution in [0.4, 0.5) is 10.1 Å². The molecule has 0 atom stereocenters. The molecule has 0 aliphatic rings. The Balaban J connectivity index is 1.62. The van der Waals surface area contributed by atoms with Crippen molar-refractivity contribution in [3.8, 4) is 0 Å². The van der Waals surface area contributed by atoms with Crippen molar-refractivity contribution < 1.29 is 14.0 Å². The minimum atomic E-state index is -0.417. The monoisotopic (exact) mass is 401 g/mol. The molecule has 0 unspecified atom stereocenters. The molecule has 0 saturated carbocycles. The average molecular weight is 401 g/mol. The first-order valence-corrected chi connectivity index (χ1v) is 9.26. The van der Waals surface area contributed by atoms with Crippen molar-refractivity contribution in [2.45, 2.75) is 6.92 Å². The van der Waals surface area contributed by atoms with E-state index in [4.69, 9.17) is 0 Å². The summed E-state index contributed by atoms with van der Waals surface area (Å²) in [7, 11) is 0. The van der Waals surface area contributed by atoms with Gasteiger partial charge in [0.05, 0.1) is 5.71 Å². The predicted octanol–water partition coefficient (Wildman–Crippen LogP) is 4.90. The van der Waals surface area contributed by atoms with Crippen LogP contribution in [-0.2, 0) is 0 Å². The number of benzene rings is 3. The maximum Gasteiger partial charge on any atom is 0.271 e. The molecule has 6 heteroatoms. The van der Waals surface area contributed by atoms with Gasteiger partial charge in [-0.05, 0) is 61.0 Å². The maximum absolute atomic E-state index is 13.0. The molecule has 3 aromatic rings. The van der Waals surface area contributed by atoms with Gasteiger partial charge in [-0.15, -0.1) is 0 Å². The summed E-state index contributed by atoms with van der Waals surface area (Å²) < 4.78 is 13.0. The summed E-state index contributed by atoms with van der Waals surface area (Å²) in [5, 5.41) is 6.76. The molecule has 0 saturated heterocycles. The molecule has 0 aliphatic carbocycles. The molecule has 30 heavy (non-hydrogen) atoms. The van der Waals surface area contributed by atoms with Crippen molar-refractivity contribution >= 4 is 29.3 Å². The van der Waals surface area contributed by atoms with E-state index in [1.165, 1.54) is 24.3 Å². The fraction of sp³-hybridized carbons (Fsp3) is 0.0417. The zero-order chi connectivity index (χ0) is 21.3. The lowest BCUT2D eigenvalue weighted by Crippen LogP contribution is -2.19. The number of hydrogen-bond donors (Lipinski definition) is 2. The minimum absolute atomic E-state index is 0.316. The van der Waals surface area contributed by atoms with Gasteiger partial charge >= 0.3 is 0 Å². The zero-order valence-corrected chi connectivity index (χ0v) is 16.3. The van der Waals surface area contributed by atoms with Crippen LogP contribution in [0.15, 0.2) is 90.0 Å². The Hall–Kier alpha value is -4.06. The van der Waals surface area contributed by atoms with Gasteiger partial charge in [0.25, 0.3) is 11.8 Å². The molecule has 0 fully saturated rings. The van der Waals surface area contributed by atoms with Gasteiger partial charge in [0, 0.05) is 16.8 Å². The second-order valence-electron chi connectivity index (χ2n) is 6.48. The highest BCUT2D eigenvalue weighted by Crippen LogP contribution is 2.13. The molecule has 2 N–H and O–H groups in total. The third-order valence-electron chi connectivity index (χ3n) is 4.14. The number of hydrogen-bond acceptors (Lipinski definition) is 3. The summed E-state index contributed by atoms with van der Waals surface area (Å²) in [4.78, 5) is 24.6. The van der Waals surface area contributed by atoms with Crippen LogP contribution >= 0.6 is 0 Å². The second-order valence-corrected chi connectivity index (χ2v) is 6.48. The Labute approximate surface area is 173 Å². The fourth-order valence-corrected chi connectivity index (χ4v) is 2.56. The Morgan fingerprint density at radius 2 is 1.60 bits per heavy atom. The summed E-state index contributed by atoms with van der Waals surface area (Å²) in [6, 6.07) is 21.4. The zero-order valence-electron chi connectivity index (χ0n) is 16.3. The number of allylic oxidation sites excluding steroid dienone is 1. The molecular weight excluding hydrogens is 381 g/mol. The third kappa shape index (κ3) is 5.97. The van der Waals surface area contributed by atoms with Crippen LogP contribution in [-0.4, -0.2) is 17.5 Å². The Morgan fingerprint density at radius 1 is 0.867 bits per heavy atom. The SMILES string of the molecule is CC(C=Cc1ccccc1)=NNC(=O)c1cccc(NC(=O)c2ccc(F)cc2)c1. The van der Waals surface area contributed by atoms with Gasteiger partial charge in [-0.25, -0.2) is 9.82 Å². The Kier molecular flexibility index (Phi) is 6.84. The Morgan fingerprint density at radius 3 is 2.33 bits per heavy atom. The van der Waals surface area contributed by atoms with Crippen molar-refractivity contribution in [3.63, 3.8) is 0 Å². The topological polar surface area (TPSA) is 70.6 Å².